The molecule has 102 valence electrons. The zero-order valence-electron chi connectivity index (χ0n) is 11.1. The number of nitrogen functional groups attached to an aromatic ring is 1. The quantitative estimate of drug-likeness (QED) is 0.494. The molecule has 1 aliphatic rings. The van der Waals surface area contributed by atoms with Crippen molar-refractivity contribution in [3.63, 3.8) is 0 Å². The second-order valence-electron chi connectivity index (χ2n) is 4.80. The van der Waals surface area contributed by atoms with Gasteiger partial charge < -0.3 is 15.8 Å². The highest BCUT2D eigenvalue weighted by Gasteiger charge is 2.17. The van der Waals surface area contributed by atoms with Gasteiger partial charge in [0.1, 0.15) is 6.10 Å². The van der Waals surface area contributed by atoms with E-state index in [4.69, 9.17) is 10.5 Å². The lowest BCUT2D eigenvalue weighted by Crippen LogP contribution is -2.31. The number of anilines is 1. The van der Waals surface area contributed by atoms with Crippen LogP contribution < -0.4 is 11.1 Å². The lowest BCUT2D eigenvalue weighted by Gasteiger charge is -2.23. The molecule has 0 radical (unpaired) electrons. The van der Waals surface area contributed by atoms with Gasteiger partial charge in [0, 0.05) is 25.2 Å². The first-order valence-corrected chi connectivity index (χ1v) is 6.57. The molecule has 19 heavy (non-hydrogen) atoms. The zero-order chi connectivity index (χ0) is 13.7. The zero-order valence-corrected chi connectivity index (χ0v) is 11.1. The summed E-state index contributed by atoms with van der Waals surface area (Å²) in [5.41, 5.74) is 7.82. The van der Waals surface area contributed by atoms with E-state index in [9.17, 15) is 4.79 Å². The van der Waals surface area contributed by atoms with Crippen LogP contribution in [0.4, 0.5) is 5.69 Å². The highest BCUT2D eigenvalue weighted by Crippen LogP contribution is 2.16. The number of ether oxygens (including phenoxy) is 1. The van der Waals surface area contributed by atoms with Gasteiger partial charge in [-0.3, -0.25) is 4.79 Å². The first-order valence-electron chi connectivity index (χ1n) is 6.57. The summed E-state index contributed by atoms with van der Waals surface area (Å²) in [5.74, 6) is -0.224. The molecule has 0 spiro atoms. The fraction of sp³-hybridized carbons (Fsp3) is 0.400. The number of benzene rings is 1. The van der Waals surface area contributed by atoms with Crippen LogP contribution in [0, 0.1) is 0 Å². The van der Waals surface area contributed by atoms with Crippen LogP contribution in [0.25, 0.3) is 0 Å². The molecule has 0 bridgehead atoms. The van der Waals surface area contributed by atoms with Gasteiger partial charge in [-0.1, -0.05) is 24.3 Å². The van der Waals surface area contributed by atoms with Gasteiger partial charge in [0.05, 0.1) is 0 Å². The van der Waals surface area contributed by atoms with Crippen LogP contribution in [0.5, 0.6) is 0 Å². The Morgan fingerprint density at radius 1 is 1.37 bits per heavy atom. The molecular weight excluding hydrogens is 240 g/mol. The second kappa shape index (κ2) is 6.38. The number of carbonyl (C=O) groups excluding carboxylic acids is 1. The average Bonchev–Trinajstić information content (AvgIpc) is 2.39. The van der Waals surface area contributed by atoms with E-state index >= 15 is 0 Å². The Hall–Kier alpha value is -1.81. The summed E-state index contributed by atoms with van der Waals surface area (Å²) in [5, 5.41) is 3.45. The lowest BCUT2D eigenvalue weighted by molar-refractivity contribution is -0.144. The van der Waals surface area contributed by atoms with E-state index in [0.717, 1.165) is 30.6 Å². The first kappa shape index (κ1) is 13.6. The van der Waals surface area contributed by atoms with Crippen molar-refractivity contribution >= 4 is 11.7 Å². The van der Waals surface area contributed by atoms with Crippen LogP contribution in [0.15, 0.2) is 36.4 Å². The van der Waals surface area contributed by atoms with E-state index in [-0.39, 0.29) is 12.1 Å². The fourth-order valence-electron chi connectivity index (χ4n) is 2.21. The molecule has 2 rings (SSSR count). The van der Waals surface area contributed by atoms with Crippen molar-refractivity contribution < 1.29 is 9.53 Å². The van der Waals surface area contributed by atoms with Gasteiger partial charge in [0.2, 0.25) is 0 Å². The largest absolute Gasteiger partial charge is 0.458 e. The Balaban J connectivity index is 1.82. The molecule has 0 fully saturated rings. The molecule has 0 saturated heterocycles. The fourth-order valence-corrected chi connectivity index (χ4v) is 2.21. The minimum atomic E-state index is -0.224. The predicted octanol–water partition coefficient (Wildman–Crippen LogP) is 2.01. The Kier molecular flexibility index (Phi) is 4.58. The monoisotopic (exact) mass is 260 g/mol. The Morgan fingerprint density at radius 3 is 2.79 bits per heavy atom. The first-order chi connectivity index (χ1) is 9.15. The van der Waals surface area contributed by atoms with Crippen molar-refractivity contribution in [2.45, 2.75) is 38.5 Å². The maximum Gasteiger partial charge on any atom is 0.303 e. The van der Waals surface area contributed by atoms with Gasteiger partial charge >= 0.3 is 5.97 Å². The molecule has 0 heterocycles. The SMILES string of the molecule is CC(=O)O[C@@H]1C=C[C@@H](NCc2ccccc2N)CC1. The van der Waals surface area contributed by atoms with Crippen LogP contribution >= 0.6 is 0 Å². The van der Waals surface area contributed by atoms with Gasteiger partial charge in [-0.05, 0) is 30.5 Å². The van der Waals surface area contributed by atoms with E-state index < -0.39 is 0 Å². The van der Waals surface area contributed by atoms with E-state index in [1.165, 1.54) is 6.92 Å². The number of nitrogens with two attached hydrogens (primary N) is 1. The van der Waals surface area contributed by atoms with Crippen molar-refractivity contribution in [1.82, 2.24) is 5.32 Å². The van der Waals surface area contributed by atoms with Crippen molar-refractivity contribution in [2.75, 3.05) is 5.73 Å². The lowest BCUT2D eigenvalue weighted by atomic mass is 10.00. The van der Waals surface area contributed by atoms with Gasteiger partial charge in [-0.15, -0.1) is 0 Å². The van der Waals surface area contributed by atoms with E-state index in [2.05, 4.69) is 11.4 Å². The maximum atomic E-state index is 10.9. The smallest absolute Gasteiger partial charge is 0.303 e. The molecule has 0 saturated carbocycles. The summed E-state index contributed by atoms with van der Waals surface area (Å²) in [7, 11) is 0. The molecule has 1 aromatic rings. The number of hydrogen-bond donors (Lipinski definition) is 2. The number of rotatable bonds is 4. The summed E-state index contributed by atoms with van der Waals surface area (Å²) in [6.07, 6.45) is 5.77. The Morgan fingerprint density at radius 2 is 2.16 bits per heavy atom. The summed E-state index contributed by atoms with van der Waals surface area (Å²) >= 11 is 0. The molecular formula is C15H20N2O2. The number of nitrogens with one attached hydrogen (secondary N) is 1. The predicted molar refractivity (Wildman–Crippen MR) is 75.4 cm³/mol. The van der Waals surface area contributed by atoms with E-state index in [1.807, 2.05) is 30.3 Å². The normalized spacial score (nSPS) is 22.2. The van der Waals surface area contributed by atoms with Gasteiger partial charge in [0.25, 0.3) is 0 Å². The number of hydrogen-bond acceptors (Lipinski definition) is 4. The molecule has 4 nitrogen and oxygen atoms in total. The standard InChI is InChI=1S/C15H20N2O2/c1-11(18)19-14-8-6-13(7-9-14)17-10-12-4-2-3-5-15(12)16/h2-6,8,13-14,17H,7,9-10,16H2,1H3/t13-,14-/m1/s1. The topological polar surface area (TPSA) is 64.3 Å². The Labute approximate surface area is 113 Å². The molecule has 0 aromatic heterocycles. The highest BCUT2D eigenvalue weighted by molar-refractivity contribution is 5.66. The van der Waals surface area contributed by atoms with Crippen LogP contribution in [0.3, 0.4) is 0 Å². The van der Waals surface area contributed by atoms with Crippen molar-refractivity contribution in [3.8, 4) is 0 Å². The second-order valence-corrected chi connectivity index (χ2v) is 4.80. The van der Waals surface area contributed by atoms with Crippen molar-refractivity contribution in [3.05, 3.63) is 42.0 Å². The number of esters is 1. The van der Waals surface area contributed by atoms with Crippen molar-refractivity contribution in [2.24, 2.45) is 0 Å². The Bertz CT molecular complexity index is 471. The van der Waals surface area contributed by atoms with Gasteiger partial charge in [-0.25, -0.2) is 0 Å². The molecule has 3 N–H and O–H groups in total. The summed E-state index contributed by atoms with van der Waals surface area (Å²) in [4.78, 5) is 10.9. The van der Waals surface area contributed by atoms with Crippen LogP contribution in [0.2, 0.25) is 0 Å². The average molecular weight is 260 g/mol. The molecule has 0 aliphatic heterocycles. The molecule has 4 heteroatoms. The summed E-state index contributed by atoms with van der Waals surface area (Å²) in [6, 6.07) is 8.16. The third-order valence-corrected chi connectivity index (χ3v) is 3.25. The van der Waals surface area contributed by atoms with Gasteiger partial charge in [0.15, 0.2) is 0 Å². The summed E-state index contributed by atoms with van der Waals surface area (Å²) < 4.78 is 5.15. The van der Waals surface area contributed by atoms with Crippen LogP contribution in [0.1, 0.15) is 25.3 Å². The minimum Gasteiger partial charge on any atom is -0.458 e. The van der Waals surface area contributed by atoms with E-state index in [1.54, 1.807) is 0 Å². The molecule has 2 atom stereocenters. The summed E-state index contributed by atoms with van der Waals surface area (Å²) in [6.45, 7) is 2.19. The molecule has 1 aromatic carbocycles. The van der Waals surface area contributed by atoms with Crippen molar-refractivity contribution in [1.29, 1.82) is 0 Å². The van der Waals surface area contributed by atoms with Crippen LogP contribution in [-0.4, -0.2) is 18.1 Å². The highest BCUT2D eigenvalue weighted by atomic mass is 16.5. The third kappa shape index (κ3) is 4.10. The third-order valence-electron chi connectivity index (χ3n) is 3.25. The minimum absolute atomic E-state index is 0.0719. The molecule has 0 unspecified atom stereocenters. The maximum absolute atomic E-state index is 10.9. The van der Waals surface area contributed by atoms with Crippen LogP contribution in [-0.2, 0) is 16.1 Å². The molecule has 1 aliphatic carbocycles. The van der Waals surface area contributed by atoms with Gasteiger partial charge in [-0.2, -0.15) is 0 Å². The number of para-hydroxylation sites is 1. The van der Waals surface area contributed by atoms with E-state index in [0.29, 0.717) is 6.04 Å². The molecule has 0 amide bonds. The number of carbonyl (C=O) groups is 1.